The summed E-state index contributed by atoms with van der Waals surface area (Å²) in [6.07, 6.45) is 8.48. The van der Waals surface area contributed by atoms with Gasteiger partial charge in [-0.1, -0.05) is 52.9 Å². The second-order valence-corrected chi connectivity index (χ2v) is 9.10. The fourth-order valence-electron chi connectivity index (χ4n) is 3.44. The summed E-state index contributed by atoms with van der Waals surface area (Å²) in [5.74, 6) is -1.23. The van der Waals surface area contributed by atoms with Gasteiger partial charge in [0.15, 0.2) is 5.96 Å². The highest BCUT2D eigenvalue weighted by Gasteiger charge is 2.29. The Morgan fingerprint density at radius 2 is 1.68 bits per heavy atom. The summed E-state index contributed by atoms with van der Waals surface area (Å²) < 4.78 is 5.56. The van der Waals surface area contributed by atoms with Crippen molar-refractivity contribution in [1.82, 2.24) is 21.3 Å². The van der Waals surface area contributed by atoms with Crippen molar-refractivity contribution in [3.8, 4) is 0 Å². The van der Waals surface area contributed by atoms with E-state index in [0.717, 1.165) is 12.8 Å². The summed E-state index contributed by atoms with van der Waals surface area (Å²) >= 11 is 0. The van der Waals surface area contributed by atoms with Crippen LogP contribution in [0.15, 0.2) is 0 Å². The summed E-state index contributed by atoms with van der Waals surface area (Å²) in [4.78, 5) is 25.2. The fraction of sp³-hybridized carbons (Fsp3) is 0.870. The second-order valence-electron chi connectivity index (χ2n) is 9.10. The summed E-state index contributed by atoms with van der Waals surface area (Å²) in [5, 5.41) is 37.7. The van der Waals surface area contributed by atoms with Crippen molar-refractivity contribution in [3.63, 3.8) is 0 Å². The largest absolute Gasteiger partial charge is 0.475 e. The van der Waals surface area contributed by atoms with Crippen LogP contribution in [0.2, 0.25) is 0 Å². The average Bonchev–Trinajstić information content (AvgIpc) is 2.78. The summed E-state index contributed by atoms with van der Waals surface area (Å²) in [5.41, 5.74) is 0. The Morgan fingerprint density at radius 3 is 2.29 bits per heavy atom. The minimum absolute atomic E-state index is 0.153. The van der Waals surface area contributed by atoms with Gasteiger partial charge in [-0.25, -0.2) is 0 Å². The van der Waals surface area contributed by atoms with Gasteiger partial charge in [-0.15, -0.1) is 0 Å². The van der Waals surface area contributed by atoms with E-state index in [1.165, 1.54) is 25.7 Å². The summed E-state index contributed by atoms with van der Waals surface area (Å²) in [6.45, 7) is 7.41. The smallest absolute Gasteiger partial charge is 0.426 e. The van der Waals surface area contributed by atoms with Crippen LogP contribution in [0.25, 0.3) is 0 Å². The predicted octanol–water partition coefficient (Wildman–Crippen LogP) is 1.31. The number of ether oxygens (including phenoxy) is 1. The van der Waals surface area contributed by atoms with Crippen LogP contribution in [0.1, 0.15) is 85.0 Å². The zero-order chi connectivity index (χ0) is 25.8. The Kier molecular flexibility index (Phi) is 19.4. The molecule has 0 aromatic heterocycles. The van der Waals surface area contributed by atoms with Gasteiger partial charge in [0, 0.05) is 26.6 Å². The van der Waals surface area contributed by atoms with Crippen LogP contribution >= 0.6 is 0 Å². The first-order valence-corrected chi connectivity index (χ1v) is 12.7. The molecule has 198 valence electrons. The molecule has 0 aromatic carbocycles. The number of guanidine groups is 1. The van der Waals surface area contributed by atoms with Gasteiger partial charge in [0.1, 0.15) is 6.04 Å². The maximum absolute atomic E-state index is 12.8. The molecule has 2 atom stereocenters. The van der Waals surface area contributed by atoms with Crippen molar-refractivity contribution in [2.24, 2.45) is 5.92 Å². The predicted molar refractivity (Wildman–Crippen MR) is 136 cm³/mol. The monoisotopic (exact) mass is 485 g/mol. The van der Waals surface area contributed by atoms with Gasteiger partial charge in [-0.2, -0.15) is 0 Å². The van der Waals surface area contributed by atoms with Crippen LogP contribution in [-0.4, -0.2) is 73.7 Å². The molecule has 2 amide bonds. The van der Waals surface area contributed by atoms with Crippen molar-refractivity contribution < 1.29 is 24.4 Å². The Balaban J connectivity index is 4.60. The molecule has 0 heterocycles. The first kappa shape index (κ1) is 32.2. The first-order valence-electron chi connectivity index (χ1n) is 12.7. The van der Waals surface area contributed by atoms with E-state index >= 15 is 0 Å². The number of amides is 2. The number of hydrogen-bond donors (Lipinski definition) is 7. The number of rotatable bonds is 20. The highest BCUT2D eigenvalue weighted by atomic mass is 16.5. The number of unbranched alkanes of at least 4 members (excludes halogenated alkanes) is 5. The number of carbonyl (C=O) groups is 2. The molecule has 0 aliphatic carbocycles. The molecule has 0 spiro atoms. The topological polar surface area (TPSA) is 156 Å². The van der Waals surface area contributed by atoms with E-state index in [0.29, 0.717) is 39.0 Å². The Bertz CT molecular complexity index is 566. The van der Waals surface area contributed by atoms with Gasteiger partial charge in [-0.05, 0) is 31.6 Å². The standard InChI is InChI=1S/C23H48BN5O5/c1-5-6-7-8-9-10-15-34-16-13-21(30)28-19(12-11-14-27-23(25)26-4)22(31)29-20(24(32)33)17-18(2)3/h18-20,32-33H,5-17H2,1-4H3,(H,28,30)(H,29,31)(H3,25,26,27)/t19-,20-/m0/s1. The molecule has 0 bridgehead atoms. The Hall–Kier alpha value is -1.85. The third-order valence-electron chi connectivity index (χ3n) is 5.40. The van der Waals surface area contributed by atoms with Crippen molar-refractivity contribution in [2.75, 3.05) is 26.8 Å². The van der Waals surface area contributed by atoms with Crippen LogP contribution in [-0.2, 0) is 14.3 Å². The van der Waals surface area contributed by atoms with Crippen LogP contribution in [0.4, 0.5) is 0 Å². The molecule has 7 N–H and O–H groups in total. The fourth-order valence-corrected chi connectivity index (χ4v) is 3.44. The molecule has 34 heavy (non-hydrogen) atoms. The minimum atomic E-state index is -1.68. The molecule has 0 radical (unpaired) electrons. The molecule has 0 fully saturated rings. The normalized spacial score (nSPS) is 12.7. The highest BCUT2D eigenvalue weighted by Crippen LogP contribution is 2.08. The van der Waals surface area contributed by atoms with Crippen LogP contribution in [0.3, 0.4) is 0 Å². The maximum atomic E-state index is 12.8. The van der Waals surface area contributed by atoms with Gasteiger partial charge >= 0.3 is 7.12 Å². The molecule has 0 rings (SSSR count). The van der Waals surface area contributed by atoms with Crippen molar-refractivity contribution in [1.29, 1.82) is 5.41 Å². The van der Waals surface area contributed by atoms with Gasteiger partial charge < -0.3 is 36.1 Å². The van der Waals surface area contributed by atoms with Crippen molar-refractivity contribution in [3.05, 3.63) is 0 Å². The van der Waals surface area contributed by atoms with E-state index in [1.54, 1.807) is 7.05 Å². The number of carbonyl (C=O) groups excluding carboxylic acids is 2. The maximum Gasteiger partial charge on any atom is 0.475 e. The Labute approximate surface area is 206 Å². The molecule has 0 unspecified atom stereocenters. The van der Waals surface area contributed by atoms with E-state index in [9.17, 15) is 19.6 Å². The molecule has 11 heteroatoms. The third-order valence-corrected chi connectivity index (χ3v) is 5.40. The zero-order valence-corrected chi connectivity index (χ0v) is 21.6. The minimum Gasteiger partial charge on any atom is -0.426 e. The highest BCUT2D eigenvalue weighted by molar-refractivity contribution is 6.43. The van der Waals surface area contributed by atoms with Gasteiger partial charge in [-0.3, -0.25) is 15.0 Å². The quantitative estimate of drug-likeness (QED) is 0.0593. The number of nitrogens with one attached hydrogen (secondary N) is 5. The third kappa shape index (κ3) is 17.6. The van der Waals surface area contributed by atoms with Crippen LogP contribution < -0.4 is 21.3 Å². The molecular formula is C23H48BN5O5. The molecule has 0 saturated carbocycles. The molecule has 0 aromatic rings. The van der Waals surface area contributed by atoms with Crippen LogP contribution in [0, 0.1) is 11.3 Å². The van der Waals surface area contributed by atoms with E-state index in [1.807, 2.05) is 13.8 Å². The second kappa shape index (κ2) is 20.5. The Morgan fingerprint density at radius 1 is 1.00 bits per heavy atom. The average molecular weight is 485 g/mol. The van der Waals surface area contributed by atoms with E-state index in [-0.39, 0.29) is 24.2 Å². The molecule has 10 nitrogen and oxygen atoms in total. The summed E-state index contributed by atoms with van der Waals surface area (Å²) in [7, 11) is -0.0501. The molecular weight excluding hydrogens is 437 g/mol. The lowest BCUT2D eigenvalue weighted by molar-refractivity contribution is -0.130. The zero-order valence-electron chi connectivity index (χ0n) is 21.6. The van der Waals surface area contributed by atoms with E-state index in [4.69, 9.17) is 10.1 Å². The first-order chi connectivity index (χ1) is 16.2. The summed E-state index contributed by atoms with van der Waals surface area (Å²) in [6, 6.07) is -0.815. The number of hydrogen-bond acceptors (Lipinski definition) is 6. The van der Waals surface area contributed by atoms with Crippen molar-refractivity contribution >= 4 is 24.9 Å². The van der Waals surface area contributed by atoms with E-state index < -0.39 is 25.0 Å². The lowest BCUT2D eigenvalue weighted by Gasteiger charge is -2.24. The van der Waals surface area contributed by atoms with Crippen molar-refractivity contribution in [2.45, 2.75) is 97.0 Å². The lowest BCUT2D eigenvalue weighted by Crippen LogP contribution is -2.54. The van der Waals surface area contributed by atoms with Gasteiger partial charge in [0.25, 0.3) is 0 Å². The lowest BCUT2D eigenvalue weighted by atomic mass is 9.75. The SMILES string of the molecule is CCCCCCCCOCCC(=O)N[C@@H](CCCNC(=N)NC)C(=O)N[C@@H](CC(C)C)B(O)O. The molecule has 0 aliphatic rings. The van der Waals surface area contributed by atoms with Gasteiger partial charge in [0.2, 0.25) is 11.8 Å². The van der Waals surface area contributed by atoms with Gasteiger partial charge in [0.05, 0.1) is 12.5 Å². The molecule has 0 saturated heterocycles. The van der Waals surface area contributed by atoms with E-state index in [2.05, 4.69) is 28.2 Å². The molecule has 0 aliphatic heterocycles. The van der Waals surface area contributed by atoms with Crippen LogP contribution in [0.5, 0.6) is 0 Å².